The number of ether oxygens (including phenoxy) is 1. The number of nitrogens with zero attached hydrogens (tertiary/aromatic N) is 3. The molecule has 21 heavy (non-hydrogen) atoms. The van der Waals surface area contributed by atoms with Gasteiger partial charge in [0.2, 0.25) is 0 Å². The molecule has 0 atom stereocenters. The van der Waals surface area contributed by atoms with E-state index in [1.165, 1.54) is 0 Å². The molecule has 0 spiro atoms. The Labute approximate surface area is 125 Å². The van der Waals surface area contributed by atoms with Crippen molar-refractivity contribution >= 4 is 5.82 Å². The second-order valence-corrected chi connectivity index (χ2v) is 5.88. The lowest BCUT2D eigenvalue weighted by Gasteiger charge is -2.32. The third-order valence-electron chi connectivity index (χ3n) is 3.64. The first-order valence-corrected chi connectivity index (χ1v) is 7.64. The molecule has 1 aromatic rings. The van der Waals surface area contributed by atoms with Crippen LogP contribution in [-0.4, -0.2) is 47.1 Å². The second kappa shape index (κ2) is 7.56. The fourth-order valence-electron chi connectivity index (χ4n) is 2.64. The molecule has 1 aliphatic heterocycles. The summed E-state index contributed by atoms with van der Waals surface area (Å²) in [6.45, 7) is 6.88. The summed E-state index contributed by atoms with van der Waals surface area (Å²) in [6.07, 6.45) is 5.35. The number of anilines is 1. The lowest BCUT2D eigenvalue weighted by molar-refractivity contribution is 0.0158. The van der Waals surface area contributed by atoms with Crippen molar-refractivity contribution in [3.05, 3.63) is 22.7 Å². The quantitative estimate of drug-likeness (QED) is 0.844. The fraction of sp³-hybridized carbons (Fsp3) is 0.733. The van der Waals surface area contributed by atoms with Gasteiger partial charge in [-0.2, -0.15) is 0 Å². The summed E-state index contributed by atoms with van der Waals surface area (Å²) in [6, 6.07) is 0. The van der Waals surface area contributed by atoms with E-state index in [1.54, 1.807) is 17.0 Å². The monoisotopic (exact) mass is 295 g/mol. The van der Waals surface area contributed by atoms with Crippen molar-refractivity contribution in [1.29, 1.82) is 0 Å². The van der Waals surface area contributed by atoms with Crippen molar-refractivity contribution in [2.45, 2.75) is 39.3 Å². The van der Waals surface area contributed by atoms with Crippen LogP contribution >= 0.6 is 0 Å². The van der Waals surface area contributed by atoms with E-state index in [-0.39, 0.29) is 18.3 Å². The van der Waals surface area contributed by atoms with Crippen LogP contribution in [0.3, 0.4) is 0 Å². The average molecular weight is 295 g/mol. The summed E-state index contributed by atoms with van der Waals surface area (Å²) in [5.41, 5.74) is -0.0130. The van der Waals surface area contributed by atoms with Gasteiger partial charge in [0.1, 0.15) is 0 Å². The zero-order valence-corrected chi connectivity index (χ0v) is 12.9. The smallest absolute Gasteiger partial charge is 0.293 e. The van der Waals surface area contributed by atoms with Gasteiger partial charge >= 0.3 is 0 Å². The molecule has 1 fully saturated rings. The van der Waals surface area contributed by atoms with E-state index >= 15 is 0 Å². The summed E-state index contributed by atoms with van der Waals surface area (Å²) >= 11 is 0. The predicted molar refractivity (Wildman–Crippen MR) is 81.6 cm³/mol. The summed E-state index contributed by atoms with van der Waals surface area (Å²) in [5.74, 6) is 0.967. The summed E-state index contributed by atoms with van der Waals surface area (Å²) in [5, 5.41) is 8.78. The lowest BCUT2D eigenvalue weighted by atomic mass is 10.1. The highest BCUT2D eigenvalue weighted by molar-refractivity contribution is 5.36. The molecule has 2 rings (SSSR count). The van der Waals surface area contributed by atoms with E-state index in [9.17, 15) is 4.79 Å². The van der Waals surface area contributed by atoms with Crippen LogP contribution in [0.15, 0.2) is 17.2 Å². The molecular formula is C15H25N3O3. The molecule has 2 heterocycles. The van der Waals surface area contributed by atoms with Gasteiger partial charge < -0.3 is 19.3 Å². The number of hydrogen-bond donors (Lipinski definition) is 1. The van der Waals surface area contributed by atoms with E-state index in [0.29, 0.717) is 24.9 Å². The molecule has 1 aromatic heterocycles. The normalized spacial score (nSPS) is 16.7. The molecule has 6 nitrogen and oxygen atoms in total. The first-order chi connectivity index (χ1) is 10.1. The number of hydrogen-bond acceptors (Lipinski definition) is 5. The zero-order chi connectivity index (χ0) is 15.2. The molecular weight excluding hydrogens is 270 g/mol. The van der Waals surface area contributed by atoms with E-state index in [0.717, 1.165) is 25.9 Å². The maximum Gasteiger partial charge on any atom is 0.293 e. The average Bonchev–Trinajstić information content (AvgIpc) is 2.47. The lowest BCUT2D eigenvalue weighted by Crippen LogP contribution is -2.41. The van der Waals surface area contributed by atoms with E-state index in [1.807, 2.05) is 4.90 Å². The van der Waals surface area contributed by atoms with Crippen molar-refractivity contribution in [3.63, 3.8) is 0 Å². The summed E-state index contributed by atoms with van der Waals surface area (Å²) in [4.78, 5) is 18.8. The van der Waals surface area contributed by atoms with Crippen molar-refractivity contribution < 1.29 is 9.84 Å². The molecule has 118 valence electrons. The highest BCUT2D eigenvalue weighted by Gasteiger charge is 2.22. The highest BCUT2D eigenvalue weighted by atomic mass is 16.5. The summed E-state index contributed by atoms with van der Waals surface area (Å²) in [7, 11) is 0. The van der Waals surface area contributed by atoms with Crippen molar-refractivity contribution in [2.24, 2.45) is 5.92 Å². The van der Waals surface area contributed by atoms with Crippen molar-refractivity contribution in [2.75, 3.05) is 31.2 Å². The Hall–Kier alpha value is -1.40. The van der Waals surface area contributed by atoms with Crippen LogP contribution < -0.4 is 10.5 Å². The molecule has 0 radical (unpaired) electrons. The molecule has 6 heteroatoms. The van der Waals surface area contributed by atoms with Crippen molar-refractivity contribution in [3.8, 4) is 0 Å². The third-order valence-corrected chi connectivity index (χ3v) is 3.64. The number of piperidine rings is 1. The van der Waals surface area contributed by atoms with Gasteiger partial charge in [-0.3, -0.25) is 4.79 Å². The van der Waals surface area contributed by atoms with Gasteiger partial charge in [0.15, 0.2) is 5.82 Å². The molecule has 1 saturated heterocycles. The van der Waals surface area contributed by atoms with Crippen molar-refractivity contribution in [1.82, 2.24) is 9.55 Å². The molecule has 0 amide bonds. The van der Waals surface area contributed by atoms with Gasteiger partial charge in [-0.1, -0.05) is 13.8 Å². The van der Waals surface area contributed by atoms with Crippen LogP contribution in [0.25, 0.3) is 0 Å². The number of aliphatic hydroxyl groups excluding tert-OH is 1. The van der Waals surface area contributed by atoms with Gasteiger partial charge in [-0.15, -0.1) is 0 Å². The Balaban J connectivity index is 2.02. The van der Waals surface area contributed by atoms with E-state index in [2.05, 4.69) is 18.8 Å². The first kappa shape index (κ1) is 16.0. The Morgan fingerprint density at radius 2 is 2.14 bits per heavy atom. The zero-order valence-electron chi connectivity index (χ0n) is 12.9. The standard InChI is InChI=1S/C15H25N3O3/c1-12(2)11-18-8-5-16-14(15(18)20)17-6-3-13(4-7-17)21-10-9-19/h5,8,12-13,19H,3-4,6-7,9-11H2,1-2H3. The van der Waals surface area contributed by atoms with Crippen LogP contribution in [0.2, 0.25) is 0 Å². The minimum absolute atomic E-state index is 0.0130. The molecule has 0 saturated carbocycles. The van der Waals surface area contributed by atoms with Crippen LogP contribution in [0, 0.1) is 5.92 Å². The van der Waals surface area contributed by atoms with E-state index in [4.69, 9.17) is 9.84 Å². The topological polar surface area (TPSA) is 67.6 Å². The molecule has 1 N–H and O–H groups in total. The second-order valence-electron chi connectivity index (χ2n) is 5.88. The van der Waals surface area contributed by atoms with Gasteiger partial charge in [0.05, 0.1) is 19.3 Å². The minimum atomic E-state index is -0.0130. The Bertz CT molecular complexity index is 493. The van der Waals surface area contributed by atoms with Crippen LogP contribution in [0.1, 0.15) is 26.7 Å². The summed E-state index contributed by atoms with van der Waals surface area (Å²) < 4.78 is 7.28. The number of aliphatic hydroxyl groups is 1. The molecule has 0 bridgehead atoms. The SMILES string of the molecule is CC(C)Cn1ccnc(N2CCC(OCCO)CC2)c1=O. The number of aromatic nitrogens is 2. The van der Waals surface area contributed by atoms with Gasteiger partial charge in [0, 0.05) is 32.0 Å². The van der Waals surface area contributed by atoms with Crippen LogP contribution in [0.5, 0.6) is 0 Å². The predicted octanol–water partition coefficient (Wildman–Crippen LogP) is 0.877. The van der Waals surface area contributed by atoms with Gasteiger partial charge in [0.25, 0.3) is 5.56 Å². The largest absolute Gasteiger partial charge is 0.394 e. The highest BCUT2D eigenvalue weighted by Crippen LogP contribution is 2.17. The minimum Gasteiger partial charge on any atom is -0.394 e. The molecule has 1 aliphatic rings. The first-order valence-electron chi connectivity index (χ1n) is 7.64. The maximum absolute atomic E-state index is 12.5. The van der Waals surface area contributed by atoms with Gasteiger partial charge in [-0.25, -0.2) is 4.98 Å². The van der Waals surface area contributed by atoms with Gasteiger partial charge in [-0.05, 0) is 18.8 Å². The maximum atomic E-state index is 12.5. The number of rotatable bonds is 6. The third kappa shape index (κ3) is 4.28. The van der Waals surface area contributed by atoms with Crippen LogP contribution in [0.4, 0.5) is 5.82 Å². The Morgan fingerprint density at radius 3 is 2.76 bits per heavy atom. The Kier molecular flexibility index (Phi) is 5.76. The fourth-order valence-corrected chi connectivity index (χ4v) is 2.64. The molecule has 0 aromatic carbocycles. The van der Waals surface area contributed by atoms with Crippen LogP contribution in [-0.2, 0) is 11.3 Å². The Morgan fingerprint density at radius 1 is 1.43 bits per heavy atom. The molecule has 0 aliphatic carbocycles. The molecule has 0 unspecified atom stereocenters. The van der Waals surface area contributed by atoms with E-state index < -0.39 is 0 Å².